The molecule has 1 fully saturated rings. The molecule has 3 heterocycles. The minimum atomic E-state index is -0.358. The summed E-state index contributed by atoms with van der Waals surface area (Å²) in [6.45, 7) is 7.52. The lowest BCUT2D eigenvalue weighted by Crippen LogP contribution is -2.45. The quantitative estimate of drug-likeness (QED) is 0.731. The number of anilines is 2. The number of carbonyl (C=O) groups excluding carboxylic acids is 2. The lowest BCUT2D eigenvalue weighted by Gasteiger charge is -2.37. The molecular formula is C23H30N6O4. The van der Waals surface area contributed by atoms with Gasteiger partial charge < -0.3 is 29.9 Å². The lowest BCUT2D eigenvalue weighted by atomic mass is 10.0. The molecular weight excluding hydrogens is 424 g/mol. The summed E-state index contributed by atoms with van der Waals surface area (Å²) in [5, 5.41) is 5.50. The second-order valence-electron chi connectivity index (χ2n) is 8.12. The highest BCUT2D eigenvalue weighted by molar-refractivity contribution is 5.89. The van der Waals surface area contributed by atoms with Crippen LogP contribution in [0.15, 0.2) is 24.3 Å². The average Bonchev–Trinajstić information content (AvgIpc) is 2.83. The maximum Gasteiger partial charge on any atom is 0.409 e. The second-order valence-corrected chi connectivity index (χ2v) is 8.12. The molecule has 1 aromatic heterocycles. The first-order chi connectivity index (χ1) is 16.0. The van der Waals surface area contributed by atoms with Crippen LogP contribution in [-0.4, -0.2) is 73.0 Å². The molecule has 0 saturated carbocycles. The highest BCUT2D eigenvalue weighted by atomic mass is 16.5. The molecule has 0 bridgehead atoms. The van der Waals surface area contributed by atoms with Gasteiger partial charge in [0.1, 0.15) is 5.82 Å². The Morgan fingerprint density at radius 2 is 2.00 bits per heavy atom. The molecule has 1 aromatic carbocycles. The summed E-state index contributed by atoms with van der Waals surface area (Å²) in [7, 11) is 1.39. The van der Waals surface area contributed by atoms with E-state index >= 15 is 0 Å². The molecule has 2 aliphatic rings. The largest absolute Gasteiger partial charge is 0.453 e. The molecule has 10 heteroatoms. The molecule has 0 spiro atoms. The van der Waals surface area contributed by atoms with E-state index in [0.717, 1.165) is 29.2 Å². The van der Waals surface area contributed by atoms with Crippen molar-refractivity contribution in [3.05, 3.63) is 35.5 Å². The van der Waals surface area contributed by atoms with Crippen molar-refractivity contribution in [2.45, 2.75) is 32.9 Å². The number of morpholine rings is 1. The van der Waals surface area contributed by atoms with Gasteiger partial charge in [-0.25, -0.2) is 19.6 Å². The fraction of sp³-hybridized carbons (Fsp3) is 0.478. The van der Waals surface area contributed by atoms with Gasteiger partial charge in [0.25, 0.3) is 0 Å². The normalized spacial score (nSPS) is 17.8. The van der Waals surface area contributed by atoms with Gasteiger partial charge in [0, 0.05) is 36.4 Å². The van der Waals surface area contributed by atoms with E-state index in [1.54, 1.807) is 4.90 Å². The molecule has 0 unspecified atom stereocenters. The predicted molar refractivity (Wildman–Crippen MR) is 124 cm³/mol. The summed E-state index contributed by atoms with van der Waals surface area (Å²) >= 11 is 0. The smallest absolute Gasteiger partial charge is 0.409 e. The number of benzene rings is 1. The summed E-state index contributed by atoms with van der Waals surface area (Å²) in [5.74, 6) is 1.48. The number of fused-ring (bicyclic) bond motifs is 1. The fourth-order valence-corrected chi connectivity index (χ4v) is 4.14. The molecule has 176 valence electrons. The summed E-state index contributed by atoms with van der Waals surface area (Å²) in [6.07, 6.45) is 0.308. The molecule has 4 rings (SSSR count). The maximum absolute atomic E-state index is 12.1. The number of carbonyl (C=O) groups is 2. The molecule has 10 nitrogen and oxygen atoms in total. The summed E-state index contributed by atoms with van der Waals surface area (Å²) in [6, 6.07) is 7.36. The number of nitrogens with zero attached hydrogens (tertiary/aromatic N) is 4. The van der Waals surface area contributed by atoms with Gasteiger partial charge in [0.2, 0.25) is 0 Å². The molecule has 1 atom stereocenters. The number of hydrogen-bond donors (Lipinski definition) is 2. The topological polar surface area (TPSA) is 109 Å². The second kappa shape index (κ2) is 10.0. The van der Waals surface area contributed by atoms with Crippen LogP contribution in [0.2, 0.25) is 0 Å². The van der Waals surface area contributed by atoms with Crippen molar-refractivity contribution in [1.29, 1.82) is 0 Å². The van der Waals surface area contributed by atoms with Crippen molar-refractivity contribution in [1.82, 2.24) is 20.2 Å². The van der Waals surface area contributed by atoms with Gasteiger partial charge in [-0.2, -0.15) is 0 Å². The number of amides is 3. The van der Waals surface area contributed by atoms with Crippen molar-refractivity contribution < 1.29 is 19.1 Å². The molecule has 2 N–H and O–H groups in total. The zero-order chi connectivity index (χ0) is 23.4. The average molecular weight is 455 g/mol. The number of hydrogen-bond acceptors (Lipinski definition) is 7. The van der Waals surface area contributed by atoms with E-state index in [-0.39, 0.29) is 18.2 Å². The maximum atomic E-state index is 12.1. The first kappa shape index (κ1) is 22.8. The van der Waals surface area contributed by atoms with Crippen LogP contribution in [0.25, 0.3) is 11.4 Å². The Morgan fingerprint density at radius 1 is 1.21 bits per heavy atom. The molecule has 3 amide bonds. The van der Waals surface area contributed by atoms with Crippen LogP contribution in [0, 0.1) is 0 Å². The van der Waals surface area contributed by atoms with Crippen molar-refractivity contribution in [2.24, 2.45) is 0 Å². The third-order valence-electron chi connectivity index (χ3n) is 5.85. The lowest BCUT2D eigenvalue weighted by molar-refractivity contribution is 0.0982. The van der Waals surface area contributed by atoms with E-state index in [9.17, 15) is 9.59 Å². The van der Waals surface area contributed by atoms with Gasteiger partial charge in [-0.05, 0) is 44.5 Å². The minimum Gasteiger partial charge on any atom is -0.453 e. The van der Waals surface area contributed by atoms with Gasteiger partial charge in [-0.3, -0.25) is 0 Å². The fourth-order valence-electron chi connectivity index (χ4n) is 4.14. The highest BCUT2D eigenvalue weighted by Crippen LogP contribution is 2.31. The Morgan fingerprint density at radius 3 is 2.70 bits per heavy atom. The van der Waals surface area contributed by atoms with Crippen molar-refractivity contribution in [3.63, 3.8) is 0 Å². The molecule has 0 aliphatic carbocycles. The van der Waals surface area contributed by atoms with E-state index in [2.05, 4.69) is 22.5 Å². The monoisotopic (exact) mass is 454 g/mol. The van der Waals surface area contributed by atoms with Crippen LogP contribution < -0.4 is 15.5 Å². The number of aromatic nitrogens is 2. The first-order valence-corrected chi connectivity index (χ1v) is 11.2. The number of methoxy groups -OCH3 is 1. The van der Waals surface area contributed by atoms with Gasteiger partial charge in [0.05, 0.1) is 38.6 Å². The Hall–Kier alpha value is -3.40. The van der Waals surface area contributed by atoms with Crippen molar-refractivity contribution >= 4 is 23.6 Å². The predicted octanol–water partition coefficient (Wildman–Crippen LogP) is 2.63. The third-order valence-corrected chi connectivity index (χ3v) is 5.85. The van der Waals surface area contributed by atoms with Gasteiger partial charge in [-0.1, -0.05) is 0 Å². The summed E-state index contributed by atoms with van der Waals surface area (Å²) in [5.41, 5.74) is 3.41. The summed E-state index contributed by atoms with van der Waals surface area (Å²) < 4.78 is 10.5. The Bertz CT molecular complexity index is 1010. The zero-order valence-corrected chi connectivity index (χ0v) is 19.3. The highest BCUT2D eigenvalue weighted by Gasteiger charge is 2.30. The van der Waals surface area contributed by atoms with Gasteiger partial charge in [-0.15, -0.1) is 0 Å². The van der Waals surface area contributed by atoms with E-state index in [1.807, 2.05) is 31.2 Å². The van der Waals surface area contributed by atoms with Gasteiger partial charge in [0.15, 0.2) is 5.82 Å². The molecule has 2 aromatic rings. The van der Waals surface area contributed by atoms with Crippen LogP contribution >= 0.6 is 0 Å². The van der Waals surface area contributed by atoms with Gasteiger partial charge >= 0.3 is 12.1 Å². The molecule has 0 radical (unpaired) electrons. The summed E-state index contributed by atoms with van der Waals surface area (Å²) in [4.78, 5) is 37.6. The standard InChI is InChI=1S/C23H30N6O4/c1-4-24-22(30)25-17-7-5-16(6-8-17)20-26-19-13-28(23(31)32-3)10-9-18(19)21(27-20)29-11-12-33-14-15(29)2/h5-8,15H,4,9-14H2,1-3H3,(H2,24,25,30)/t15-/m0/s1. The number of ether oxygens (including phenoxy) is 2. The van der Waals surface area contributed by atoms with E-state index < -0.39 is 0 Å². The van der Waals surface area contributed by atoms with Crippen LogP contribution in [0.4, 0.5) is 21.1 Å². The van der Waals surface area contributed by atoms with Crippen LogP contribution in [0.3, 0.4) is 0 Å². The van der Waals surface area contributed by atoms with Crippen molar-refractivity contribution in [3.8, 4) is 11.4 Å². The number of nitrogens with one attached hydrogen (secondary N) is 2. The molecule has 33 heavy (non-hydrogen) atoms. The first-order valence-electron chi connectivity index (χ1n) is 11.2. The number of urea groups is 1. The number of rotatable bonds is 4. The van der Waals surface area contributed by atoms with Crippen LogP contribution in [0.1, 0.15) is 25.1 Å². The molecule has 1 saturated heterocycles. The molecule has 2 aliphatic heterocycles. The Labute approximate surface area is 193 Å². The van der Waals surface area contributed by atoms with Crippen LogP contribution in [0.5, 0.6) is 0 Å². The van der Waals surface area contributed by atoms with Crippen LogP contribution in [-0.2, 0) is 22.4 Å². The third kappa shape index (κ3) is 5.00. The van der Waals surface area contributed by atoms with E-state index in [1.165, 1.54) is 7.11 Å². The van der Waals surface area contributed by atoms with E-state index in [0.29, 0.717) is 50.8 Å². The Kier molecular flexibility index (Phi) is 6.93. The zero-order valence-electron chi connectivity index (χ0n) is 19.3. The van der Waals surface area contributed by atoms with E-state index in [4.69, 9.17) is 19.4 Å². The SMILES string of the molecule is CCNC(=O)Nc1ccc(-c2nc3c(c(N4CCOC[C@@H]4C)n2)CCN(C(=O)OC)C3)cc1. The Balaban J connectivity index is 1.69. The van der Waals surface area contributed by atoms with Crippen molar-refractivity contribution in [2.75, 3.05) is 50.2 Å². The minimum absolute atomic E-state index is 0.188.